The number of ether oxygens (including phenoxy) is 2. The second-order valence-corrected chi connectivity index (χ2v) is 8.08. The molecule has 29 heavy (non-hydrogen) atoms. The molecule has 2 fully saturated rings. The molecule has 0 radical (unpaired) electrons. The summed E-state index contributed by atoms with van der Waals surface area (Å²) >= 11 is 0. The Bertz CT molecular complexity index is 671. The zero-order valence-electron chi connectivity index (χ0n) is 17.0. The highest BCUT2D eigenvalue weighted by molar-refractivity contribution is 5.94. The molecule has 0 saturated carbocycles. The summed E-state index contributed by atoms with van der Waals surface area (Å²) in [5.74, 6) is -0.0235. The zero-order chi connectivity index (χ0) is 21.0. The van der Waals surface area contributed by atoms with Gasteiger partial charge in [0.2, 0.25) is 0 Å². The second kappa shape index (κ2) is 9.45. The average molecular weight is 414 g/mol. The number of likely N-dealkylation sites (tertiary alicyclic amines) is 1. The summed E-state index contributed by atoms with van der Waals surface area (Å²) in [6, 6.07) is 6.82. The first-order valence-corrected chi connectivity index (χ1v) is 10.1. The van der Waals surface area contributed by atoms with Crippen molar-refractivity contribution in [1.29, 1.82) is 0 Å². The van der Waals surface area contributed by atoms with Crippen LogP contribution in [-0.4, -0.2) is 72.9 Å². The lowest BCUT2D eigenvalue weighted by Gasteiger charge is -2.38. The maximum atomic E-state index is 13.0. The molecule has 0 aliphatic carbocycles. The molecule has 1 amide bonds. The van der Waals surface area contributed by atoms with Crippen molar-refractivity contribution in [3.05, 3.63) is 35.4 Å². The Hall–Kier alpha value is -1.64. The van der Waals surface area contributed by atoms with E-state index in [1.165, 1.54) is 0 Å². The molecule has 0 aromatic heterocycles. The molecule has 2 aliphatic heterocycles. The lowest BCUT2D eigenvalue weighted by atomic mass is 10.1. The van der Waals surface area contributed by atoms with Crippen molar-refractivity contribution >= 4 is 5.91 Å². The number of benzene rings is 1. The highest BCUT2D eigenvalue weighted by Gasteiger charge is 2.33. The predicted molar refractivity (Wildman–Crippen MR) is 103 cm³/mol. The first-order chi connectivity index (χ1) is 13.7. The fraction of sp³-hybridized carbons (Fsp3) is 0.667. The molecule has 0 bridgehead atoms. The van der Waals surface area contributed by atoms with Crippen molar-refractivity contribution in [2.45, 2.75) is 57.7 Å². The Morgan fingerprint density at radius 1 is 1.17 bits per heavy atom. The number of amides is 1. The second-order valence-electron chi connectivity index (χ2n) is 8.08. The van der Waals surface area contributed by atoms with E-state index in [-0.39, 0.29) is 30.8 Å². The van der Waals surface area contributed by atoms with Crippen LogP contribution in [0.2, 0.25) is 0 Å². The van der Waals surface area contributed by atoms with Gasteiger partial charge < -0.3 is 14.4 Å². The minimum atomic E-state index is -4.34. The summed E-state index contributed by atoms with van der Waals surface area (Å²) in [6.45, 7) is 6.05. The smallest absolute Gasteiger partial charge is 0.373 e. The molecule has 3 atom stereocenters. The van der Waals surface area contributed by atoms with E-state index in [0.29, 0.717) is 11.1 Å². The normalized spacial score (nSPS) is 26.1. The van der Waals surface area contributed by atoms with Crippen molar-refractivity contribution in [1.82, 2.24) is 9.80 Å². The Kier molecular flexibility index (Phi) is 7.19. The molecule has 3 rings (SSSR count). The fourth-order valence-corrected chi connectivity index (χ4v) is 4.22. The molecular formula is C21H29F3N2O3. The lowest BCUT2D eigenvalue weighted by molar-refractivity contribution is -0.176. The highest BCUT2D eigenvalue weighted by Crippen LogP contribution is 2.23. The molecule has 162 valence electrons. The van der Waals surface area contributed by atoms with Crippen LogP contribution in [0.15, 0.2) is 24.3 Å². The molecular weight excluding hydrogens is 385 g/mol. The fourth-order valence-electron chi connectivity index (χ4n) is 4.22. The molecule has 2 aliphatic rings. The molecule has 1 aromatic rings. The predicted octanol–water partition coefficient (Wildman–Crippen LogP) is 3.48. The SMILES string of the molecule is CC1CN(CC2CCCN2C(=O)c2ccc(COCC(F)(F)F)cc2)CC(C)O1. The molecule has 2 heterocycles. The van der Waals surface area contributed by atoms with E-state index in [0.717, 1.165) is 39.0 Å². The molecule has 8 heteroatoms. The molecule has 2 saturated heterocycles. The highest BCUT2D eigenvalue weighted by atomic mass is 19.4. The number of carbonyl (C=O) groups excluding carboxylic acids is 1. The summed E-state index contributed by atoms with van der Waals surface area (Å²) in [4.78, 5) is 17.3. The van der Waals surface area contributed by atoms with Crippen LogP contribution in [0.1, 0.15) is 42.6 Å². The van der Waals surface area contributed by atoms with Crippen LogP contribution in [0.25, 0.3) is 0 Å². The van der Waals surface area contributed by atoms with Gasteiger partial charge in [-0.15, -0.1) is 0 Å². The van der Waals surface area contributed by atoms with Crippen molar-refractivity contribution in [2.24, 2.45) is 0 Å². The van der Waals surface area contributed by atoms with Crippen LogP contribution in [0.5, 0.6) is 0 Å². The van der Waals surface area contributed by atoms with Crippen molar-refractivity contribution < 1.29 is 27.4 Å². The zero-order valence-corrected chi connectivity index (χ0v) is 17.0. The molecule has 0 spiro atoms. The van der Waals surface area contributed by atoms with E-state index in [4.69, 9.17) is 4.74 Å². The van der Waals surface area contributed by atoms with Gasteiger partial charge in [-0.1, -0.05) is 12.1 Å². The summed E-state index contributed by atoms with van der Waals surface area (Å²) in [6.07, 6.45) is -1.99. The summed E-state index contributed by atoms with van der Waals surface area (Å²) in [5.41, 5.74) is 1.17. The van der Waals surface area contributed by atoms with Crippen LogP contribution < -0.4 is 0 Å². The van der Waals surface area contributed by atoms with E-state index in [1.54, 1.807) is 24.3 Å². The van der Waals surface area contributed by atoms with Crippen LogP contribution in [-0.2, 0) is 16.1 Å². The van der Waals surface area contributed by atoms with Gasteiger partial charge in [-0.25, -0.2) is 0 Å². The maximum absolute atomic E-state index is 13.0. The number of nitrogens with zero attached hydrogens (tertiary/aromatic N) is 2. The number of hydrogen-bond acceptors (Lipinski definition) is 4. The third-order valence-corrected chi connectivity index (χ3v) is 5.34. The number of carbonyl (C=O) groups is 1. The minimum Gasteiger partial charge on any atom is -0.373 e. The third-order valence-electron chi connectivity index (χ3n) is 5.34. The van der Waals surface area contributed by atoms with E-state index < -0.39 is 12.8 Å². The van der Waals surface area contributed by atoms with Crippen molar-refractivity contribution in [3.8, 4) is 0 Å². The number of rotatable bonds is 6. The summed E-state index contributed by atoms with van der Waals surface area (Å²) in [7, 11) is 0. The van der Waals surface area contributed by atoms with E-state index in [2.05, 4.69) is 23.5 Å². The lowest BCUT2D eigenvalue weighted by Crippen LogP contribution is -2.50. The van der Waals surface area contributed by atoms with E-state index in [9.17, 15) is 18.0 Å². The molecule has 0 N–H and O–H groups in total. The third kappa shape index (κ3) is 6.42. The number of hydrogen-bond donors (Lipinski definition) is 0. The van der Waals surface area contributed by atoms with Crippen LogP contribution in [0.3, 0.4) is 0 Å². The quantitative estimate of drug-likeness (QED) is 0.715. The monoisotopic (exact) mass is 414 g/mol. The van der Waals surface area contributed by atoms with Crippen LogP contribution >= 0.6 is 0 Å². The van der Waals surface area contributed by atoms with Gasteiger partial charge in [-0.2, -0.15) is 13.2 Å². The largest absolute Gasteiger partial charge is 0.411 e. The minimum absolute atomic E-state index is 0.0235. The van der Waals surface area contributed by atoms with Gasteiger partial charge in [0.05, 0.1) is 18.8 Å². The molecule has 1 aromatic carbocycles. The molecule has 5 nitrogen and oxygen atoms in total. The van der Waals surface area contributed by atoms with Crippen molar-refractivity contribution in [3.63, 3.8) is 0 Å². The van der Waals surface area contributed by atoms with Crippen LogP contribution in [0.4, 0.5) is 13.2 Å². The van der Waals surface area contributed by atoms with Gasteiger partial charge in [0.15, 0.2) is 0 Å². The van der Waals surface area contributed by atoms with Crippen LogP contribution in [0, 0.1) is 0 Å². The Labute approximate surface area is 169 Å². The average Bonchev–Trinajstić information content (AvgIpc) is 3.08. The Morgan fingerprint density at radius 2 is 1.83 bits per heavy atom. The van der Waals surface area contributed by atoms with Gasteiger partial charge >= 0.3 is 6.18 Å². The maximum Gasteiger partial charge on any atom is 0.411 e. The van der Waals surface area contributed by atoms with Gasteiger partial charge in [0.25, 0.3) is 5.91 Å². The first kappa shape index (κ1) is 22.1. The molecule has 3 unspecified atom stereocenters. The number of alkyl halides is 3. The Balaban J connectivity index is 1.56. The van der Waals surface area contributed by atoms with Gasteiger partial charge in [-0.05, 0) is 44.4 Å². The van der Waals surface area contributed by atoms with E-state index in [1.807, 2.05) is 4.90 Å². The number of morpholine rings is 1. The topological polar surface area (TPSA) is 42.0 Å². The number of halogens is 3. The Morgan fingerprint density at radius 3 is 2.45 bits per heavy atom. The van der Waals surface area contributed by atoms with Crippen molar-refractivity contribution in [2.75, 3.05) is 32.8 Å². The summed E-state index contributed by atoms with van der Waals surface area (Å²) in [5, 5.41) is 0. The van der Waals surface area contributed by atoms with Gasteiger partial charge in [-0.3, -0.25) is 9.69 Å². The first-order valence-electron chi connectivity index (χ1n) is 10.1. The van der Waals surface area contributed by atoms with Gasteiger partial charge in [0.1, 0.15) is 6.61 Å². The van der Waals surface area contributed by atoms with Gasteiger partial charge in [0, 0.05) is 37.8 Å². The standard InChI is InChI=1S/C21H29F3N2O3/c1-15-10-25(11-16(2)29-15)12-19-4-3-9-26(19)20(27)18-7-5-17(6-8-18)13-28-14-21(22,23)24/h5-8,15-16,19H,3-4,9-14H2,1-2H3. The summed E-state index contributed by atoms with van der Waals surface area (Å²) < 4.78 is 46.9. The van der Waals surface area contributed by atoms with E-state index >= 15 is 0 Å².